The van der Waals surface area contributed by atoms with Gasteiger partial charge in [-0.25, -0.2) is 0 Å². The number of hydrogen-bond acceptors (Lipinski definition) is 2. The molecule has 0 saturated heterocycles. The molecule has 3 N–H and O–H groups in total. The van der Waals surface area contributed by atoms with E-state index in [-0.39, 0.29) is 30.9 Å². The lowest BCUT2D eigenvalue weighted by atomic mass is 10.3. The molecule has 0 aliphatic heterocycles. The predicted octanol–water partition coefficient (Wildman–Crippen LogP) is 5.09. The number of hydrogen-bond donors (Lipinski definition) is 3. The first-order valence-corrected chi connectivity index (χ1v) is 6.81. The Morgan fingerprint density at radius 1 is 0.778 bits per heavy atom. The van der Waals surface area contributed by atoms with E-state index >= 15 is 0 Å². The fourth-order valence-corrected chi connectivity index (χ4v) is 1.72. The second-order valence-corrected chi connectivity index (χ2v) is 4.57. The van der Waals surface area contributed by atoms with E-state index in [0.717, 1.165) is 0 Å². The minimum atomic E-state index is -2.87. The van der Waals surface area contributed by atoms with Crippen molar-refractivity contribution in [1.29, 1.82) is 0 Å². The Kier molecular flexibility index (Phi) is 11.5. The van der Waals surface area contributed by atoms with Gasteiger partial charge in [-0.1, -0.05) is 58.0 Å². The van der Waals surface area contributed by atoms with Crippen LogP contribution >= 0.6 is 66.3 Å². The van der Waals surface area contributed by atoms with Gasteiger partial charge in [-0.2, -0.15) is 0 Å². The number of halogens is 5. The lowest BCUT2D eigenvalue weighted by molar-refractivity contribution is 0.405. The van der Waals surface area contributed by atoms with Crippen LogP contribution in [-0.2, 0) is 4.57 Å². The van der Waals surface area contributed by atoms with E-state index < -0.39 is 8.25 Å². The first-order valence-electron chi connectivity index (χ1n) is 3.75. The molecule has 10 heteroatoms. The van der Waals surface area contributed by atoms with E-state index in [1.807, 2.05) is 0 Å². The Morgan fingerprint density at radius 3 is 1.17 bits per heavy atom. The van der Waals surface area contributed by atoms with Gasteiger partial charge in [0.2, 0.25) is 0 Å². The highest BCUT2D eigenvalue weighted by Crippen LogP contribution is 2.47. The first-order chi connectivity index (χ1) is 8.20. The van der Waals surface area contributed by atoms with Crippen molar-refractivity contribution in [2.24, 2.45) is 0 Å². The van der Waals surface area contributed by atoms with Gasteiger partial charge in [-0.05, 0) is 0 Å². The highest BCUT2D eigenvalue weighted by Gasteiger charge is 2.18. The average molecular weight is 375 g/mol. The van der Waals surface area contributed by atoms with Crippen molar-refractivity contribution >= 4 is 66.3 Å². The van der Waals surface area contributed by atoms with E-state index in [0.29, 0.717) is 0 Å². The van der Waals surface area contributed by atoms with Gasteiger partial charge in [0.05, 0.1) is 15.1 Å². The zero-order valence-electron chi connectivity index (χ0n) is 8.50. The summed E-state index contributed by atoms with van der Waals surface area (Å²) in [5.41, 5.74) is 0. The van der Waals surface area contributed by atoms with Crippen molar-refractivity contribution < 1.29 is 19.5 Å². The maximum atomic E-state index is 9.20. The topological polar surface area (TPSA) is 77.8 Å². The molecule has 0 bridgehead atoms. The zero-order chi connectivity index (χ0) is 15.0. The van der Waals surface area contributed by atoms with Crippen LogP contribution in [0, 0.1) is 0 Å². The summed E-state index contributed by atoms with van der Waals surface area (Å²) in [5, 5.41) is 9.01. The molecule has 102 valence electrons. The fourth-order valence-electron chi connectivity index (χ4n) is 0.593. The molecule has 0 aliphatic carbocycles. The van der Waals surface area contributed by atoms with Crippen molar-refractivity contribution in [2.75, 3.05) is 0 Å². The summed E-state index contributed by atoms with van der Waals surface area (Å²) in [6.07, 6.45) is 0. The SMILES string of the molecule is C=C.O=[P+](O)O.Oc1c(Cl)c(Cl)c(Cl)c(Cl)c1Cl. The smallest absolute Gasteiger partial charge is 0.505 e. The van der Waals surface area contributed by atoms with Gasteiger partial charge in [-0.15, -0.1) is 22.9 Å². The minimum absolute atomic E-state index is 0.00904. The second-order valence-electron chi connectivity index (χ2n) is 2.17. The summed E-state index contributed by atoms with van der Waals surface area (Å²) in [7, 11) is -2.87. The number of aromatic hydroxyl groups is 1. The number of rotatable bonds is 0. The van der Waals surface area contributed by atoms with E-state index in [4.69, 9.17) is 72.4 Å². The molecule has 4 nitrogen and oxygen atoms in total. The van der Waals surface area contributed by atoms with Gasteiger partial charge in [0.25, 0.3) is 0 Å². The first kappa shape index (κ1) is 20.5. The van der Waals surface area contributed by atoms with Crippen LogP contribution in [0.4, 0.5) is 0 Å². The third kappa shape index (κ3) is 6.41. The summed E-state index contributed by atoms with van der Waals surface area (Å²) >= 11 is 27.9. The normalized spacial score (nSPS) is 8.61. The maximum Gasteiger partial charge on any atom is 0.692 e. The molecule has 0 heterocycles. The minimum Gasteiger partial charge on any atom is -0.505 e. The highest BCUT2D eigenvalue weighted by molar-refractivity contribution is 7.30. The number of benzene rings is 1. The monoisotopic (exact) mass is 373 g/mol. The molecular formula is C8H7Cl5O4P+. The number of phenols is 1. The summed E-state index contributed by atoms with van der Waals surface area (Å²) in [6, 6.07) is 0. The van der Waals surface area contributed by atoms with Gasteiger partial charge >= 0.3 is 8.25 Å². The molecule has 0 radical (unpaired) electrons. The van der Waals surface area contributed by atoms with Gasteiger partial charge in [0.1, 0.15) is 10.0 Å². The Labute approximate surface area is 129 Å². The highest BCUT2D eigenvalue weighted by atomic mass is 35.5. The lowest BCUT2D eigenvalue weighted by Gasteiger charge is -2.06. The van der Waals surface area contributed by atoms with E-state index in [2.05, 4.69) is 13.2 Å². The van der Waals surface area contributed by atoms with Crippen molar-refractivity contribution in [1.82, 2.24) is 0 Å². The lowest BCUT2D eigenvalue weighted by Crippen LogP contribution is -1.78. The second kappa shape index (κ2) is 10.1. The molecule has 18 heavy (non-hydrogen) atoms. The van der Waals surface area contributed by atoms with Crippen LogP contribution in [0.1, 0.15) is 0 Å². The molecule has 0 unspecified atom stereocenters. The Hall–Kier alpha value is 0.230. The summed E-state index contributed by atoms with van der Waals surface area (Å²) in [6.45, 7) is 6.00. The third-order valence-electron chi connectivity index (χ3n) is 1.19. The average Bonchev–Trinajstić information content (AvgIpc) is 2.33. The molecule has 0 saturated carbocycles. The standard InChI is InChI=1S/C6HCl5O.C2H4.HO3P/c7-1-2(8)4(10)6(12)5(11)3(1)9;1-2;1-4(2)3/h12H;1-2H2;(H-,1,2,3)/p+1. The molecule has 0 aromatic heterocycles. The van der Waals surface area contributed by atoms with E-state index in [1.165, 1.54) is 0 Å². The van der Waals surface area contributed by atoms with Gasteiger partial charge < -0.3 is 5.11 Å². The van der Waals surface area contributed by atoms with Crippen molar-refractivity contribution in [3.8, 4) is 5.75 Å². The van der Waals surface area contributed by atoms with Crippen LogP contribution in [-0.4, -0.2) is 14.9 Å². The molecule has 0 fully saturated rings. The molecule has 0 amide bonds. The quantitative estimate of drug-likeness (QED) is 0.255. The summed E-state index contributed by atoms with van der Waals surface area (Å²) in [5.74, 6) is -0.363. The Balaban J connectivity index is 0. The predicted molar refractivity (Wildman–Crippen MR) is 76.5 cm³/mol. The van der Waals surface area contributed by atoms with Gasteiger partial charge in [0.15, 0.2) is 5.75 Å². The van der Waals surface area contributed by atoms with Crippen LogP contribution in [0.5, 0.6) is 5.75 Å². The van der Waals surface area contributed by atoms with E-state index in [1.54, 1.807) is 0 Å². The van der Waals surface area contributed by atoms with Crippen molar-refractivity contribution in [3.05, 3.63) is 38.3 Å². The van der Waals surface area contributed by atoms with Crippen LogP contribution in [0.2, 0.25) is 25.1 Å². The molecule has 1 aromatic rings. The van der Waals surface area contributed by atoms with Crippen LogP contribution in [0.15, 0.2) is 13.2 Å². The molecule has 1 aromatic carbocycles. The molecule has 0 aliphatic rings. The van der Waals surface area contributed by atoms with E-state index in [9.17, 15) is 5.11 Å². The van der Waals surface area contributed by atoms with Crippen LogP contribution < -0.4 is 0 Å². The van der Waals surface area contributed by atoms with Crippen molar-refractivity contribution in [2.45, 2.75) is 0 Å². The van der Waals surface area contributed by atoms with Gasteiger partial charge in [-0.3, -0.25) is 0 Å². The van der Waals surface area contributed by atoms with Gasteiger partial charge in [0, 0.05) is 4.57 Å². The third-order valence-corrected chi connectivity index (χ3v) is 3.44. The zero-order valence-corrected chi connectivity index (χ0v) is 13.2. The molecule has 0 atom stereocenters. The largest absolute Gasteiger partial charge is 0.692 e. The molecular weight excluding hydrogens is 368 g/mol. The van der Waals surface area contributed by atoms with Crippen LogP contribution in [0.3, 0.4) is 0 Å². The molecule has 1 rings (SSSR count). The summed E-state index contributed by atoms with van der Waals surface area (Å²) in [4.78, 5) is 14.2. The number of phenolic OH excluding ortho intramolecular Hbond substituents is 1. The summed E-state index contributed by atoms with van der Waals surface area (Å²) < 4.78 is 8.70. The van der Waals surface area contributed by atoms with Crippen molar-refractivity contribution in [3.63, 3.8) is 0 Å². The molecule has 0 spiro atoms. The van der Waals surface area contributed by atoms with Crippen LogP contribution in [0.25, 0.3) is 0 Å². The maximum absolute atomic E-state index is 9.20. The Morgan fingerprint density at radius 2 is 0.944 bits per heavy atom. The fraction of sp³-hybridized carbons (Fsp3) is 0. The Bertz CT molecular complexity index is 331.